The summed E-state index contributed by atoms with van der Waals surface area (Å²) in [5.41, 5.74) is 6.28. The summed E-state index contributed by atoms with van der Waals surface area (Å²) >= 11 is 2.90. The van der Waals surface area contributed by atoms with Gasteiger partial charge in [0, 0.05) is 16.9 Å². The van der Waals surface area contributed by atoms with E-state index in [4.69, 9.17) is 5.73 Å². The first-order chi connectivity index (χ1) is 8.89. The number of halogens is 4. The number of alkyl halides is 3. The fourth-order valence-electron chi connectivity index (χ4n) is 1.71. The zero-order valence-electron chi connectivity index (χ0n) is 9.66. The van der Waals surface area contributed by atoms with E-state index >= 15 is 0 Å². The zero-order chi connectivity index (χ0) is 14.0. The van der Waals surface area contributed by atoms with Gasteiger partial charge >= 0.3 is 6.18 Å². The molecule has 2 nitrogen and oxygen atoms in total. The van der Waals surface area contributed by atoms with Crippen LogP contribution in [0.3, 0.4) is 0 Å². The first-order valence-corrected chi connectivity index (χ1v) is 6.21. The molecule has 0 amide bonds. The second kappa shape index (κ2) is 5.30. The van der Waals surface area contributed by atoms with Crippen LogP contribution in [0.1, 0.15) is 22.7 Å². The summed E-state index contributed by atoms with van der Waals surface area (Å²) in [6.45, 7) is 0. The Morgan fingerprint density at radius 1 is 1.16 bits per heavy atom. The van der Waals surface area contributed by atoms with Crippen LogP contribution >= 0.6 is 15.9 Å². The lowest BCUT2D eigenvalue weighted by Crippen LogP contribution is -2.14. The normalized spacial score (nSPS) is 13.3. The van der Waals surface area contributed by atoms with Crippen LogP contribution in [0, 0.1) is 0 Å². The highest BCUT2D eigenvalue weighted by Gasteiger charge is 2.33. The van der Waals surface area contributed by atoms with Crippen molar-refractivity contribution in [1.82, 2.24) is 4.98 Å². The van der Waals surface area contributed by atoms with Crippen LogP contribution in [-0.2, 0) is 6.18 Å². The Kier molecular flexibility index (Phi) is 3.91. The predicted molar refractivity (Wildman–Crippen MR) is 69.4 cm³/mol. The van der Waals surface area contributed by atoms with Crippen LogP contribution < -0.4 is 5.73 Å². The molecule has 1 aromatic heterocycles. The molecule has 6 heteroatoms. The second-order valence-corrected chi connectivity index (χ2v) is 4.86. The Balaban J connectivity index is 2.42. The molecule has 2 rings (SSSR count). The third-order valence-electron chi connectivity index (χ3n) is 2.70. The van der Waals surface area contributed by atoms with Crippen LogP contribution in [0.25, 0.3) is 0 Å². The van der Waals surface area contributed by atoms with Crippen LogP contribution in [0.5, 0.6) is 0 Å². The van der Waals surface area contributed by atoms with Crippen LogP contribution in [0.15, 0.2) is 47.2 Å². The summed E-state index contributed by atoms with van der Waals surface area (Å²) in [6.07, 6.45) is -1.29. The Morgan fingerprint density at radius 3 is 2.47 bits per heavy atom. The number of hydrogen-bond acceptors (Lipinski definition) is 2. The third kappa shape index (κ3) is 3.13. The molecule has 0 aliphatic rings. The van der Waals surface area contributed by atoms with Crippen molar-refractivity contribution in [3.63, 3.8) is 0 Å². The van der Waals surface area contributed by atoms with E-state index in [9.17, 15) is 13.2 Å². The lowest BCUT2D eigenvalue weighted by Gasteiger charge is -2.15. The van der Waals surface area contributed by atoms with Gasteiger partial charge in [0.1, 0.15) is 0 Å². The standard InChI is InChI=1S/C13H10BrF3N2/c14-11-4-3-8(6-10(11)13(15,16)17)12(18)9-2-1-5-19-7-9/h1-7,12H,18H2. The molecule has 0 saturated heterocycles. The maximum atomic E-state index is 12.8. The number of hydrogen-bond donors (Lipinski definition) is 1. The molecule has 1 atom stereocenters. The number of nitrogens with two attached hydrogens (primary N) is 1. The van der Waals surface area contributed by atoms with Crippen molar-refractivity contribution < 1.29 is 13.2 Å². The predicted octanol–water partition coefficient (Wildman–Crippen LogP) is 3.91. The molecule has 0 radical (unpaired) electrons. The molecule has 2 N–H and O–H groups in total. The van der Waals surface area contributed by atoms with Crippen molar-refractivity contribution in [1.29, 1.82) is 0 Å². The summed E-state index contributed by atoms with van der Waals surface area (Å²) < 4.78 is 38.4. The quantitative estimate of drug-likeness (QED) is 0.906. The zero-order valence-corrected chi connectivity index (χ0v) is 11.2. The van der Waals surface area contributed by atoms with Gasteiger partial charge in [-0.3, -0.25) is 4.98 Å². The minimum Gasteiger partial charge on any atom is -0.320 e. The smallest absolute Gasteiger partial charge is 0.320 e. The van der Waals surface area contributed by atoms with Crippen LogP contribution in [-0.4, -0.2) is 4.98 Å². The molecule has 0 aliphatic carbocycles. The Labute approximate surface area is 116 Å². The highest BCUT2D eigenvalue weighted by Crippen LogP contribution is 2.36. The molecule has 0 spiro atoms. The maximum absolute atomic E-state index is 12.8. The topological polar surface area (TPSA) is 38.9 Å². The number of rotatable bonds is 2. The fraction of sp³-hybridized carbons (Fsp3) is 0.154. The highest BCUT2D eigenvalue weighted by molar-refractivity contribution is 9.10. The minimum absolute atomic E-state index is 0.00198. The average molecular weight is 331 g/mol. The summed E-state index contributed by atoms with van der Waals surface area (Å²) in [5.74, 6) is 0. The monoisotopic (exact) mass is 330 g/mol. The van der Waals surface area contributed by atoms with Crippen molar-refractivity contribution in [2.24, 2.45) is 5.73 Å². The molecule has 0 bridgehead atoms. The number of pyridine rings is 1. The molecular formula is C13H10BrF3N2. The SMILES string of the molecule is NC(c1cccnc1)c1ccc(Br)c(C(F)(F)F)c1. The molecule has 0 fully saturated rings. The number of benzene rings is 1. The Hall–Kier alpha value is -1.40. The van der Waals surface area contributed by atoms with E-state index in [2.05, 4.69) is 20.9 Å². The van der Waals surface area contributed by atoms with Crippen molar-refractivity contribution in [2.75, 3.05) is 0 Å². The van der Waals surface area contributed by atoms with E-state index in [-0.39, 0.29) is 4.47 Å². The molecule has 19 heavy (non-hydrogen) atoms. The van der Waals surface area contributed by atoms with E-state index < -0.39 is 17.8 Å². The lowest BCUT2D eigenvalue weighted by atomic mass is 9.99. The van der Waals surface area contributed by atoms with Gasteiger partial charge in [-0.15, -0.1) is 0 Å². The van der Waals surface area contributed by atoms with E-state index in [1.54, 1.807) is 30.6 Å². The van der Waals surface area contributed by atoms with Crippen LogP contribution in [0.2, 0.25) is 0 Å². The Bertz CT molecular complexity index is 570. The molecule has 1 aromatic carbocycles. The fourth-order valence-corrected chi connectivity index (χ4v) is 2.18. The van der Waals surface area contributed by atoms with Crippen molar-refractivity contribution in [3.05, 3.63) is 63.9 Å². The molecule has 2 aromatic rings. The number of nitrogens with zero attached hydrogens (tertiary/aromatic N) is 1. The van der Waals surface area contributed by atoms with E-state index in [0.29, 0.717) is 11.1 Å². The molecule has 1 unspecified atom stereocenters. The Morgan fingerprint density at radius 2 is 1.89 bits per heavy atom. The summed E-state index contributed by atoms with van der Waals surface area (Å²) in [5, 5.41) is 0. The third-order valence-corrected chi connectivity index (χ3v) is 3.39. The minimum atomic E-state index is -4.41. The van der Waals surface area contributed by atoms with E-state index in [1.165, 1.54) is 6.07 Å². The van der Waals surface area contributed by atoms with Gasteiger partial charge in [-0.05, 0) is 29.3 Å². The molecule has 0 aliphatic heterocycles. The molecule has 0 saturated carbocycles. The van der Waals surface area contributed by atoms with Gasteiger partial charge in [0.15, 0.2) is 0 Å². The van der Waals surface area contributed by atoms with Gasteiger partial charge in [0.25, 0.3) is 0 Å². The van der Waals surface area contributed by atoms with Crippen LogP contribution in [0.4, 0.5) is 13.2 Å². The van der Waals surface area contributed by atoms with Gasteiger partial charge in [0.05, 0.1) is 11.6 Å². The summed E-state index contributed by atoms with van der Waals surface area (Å²) in [7, 11) is 0. The van der Waals surface area contributed by atoms with Gasteiger partial charge in [-0.1, -0.05) is 28.1 Å². The van der Waals surface area contributed by atoms with Gasteiger partial charge < -0.3 is 5.73 Å². The highest BCUT2D eigenvalue weighted by atomic mass is 79.9. The molecule has 100 valence electrons. The van der Waals surface area contributed by atoms with Crippen molar-refractivity contribution in [3.8, 4) is 0 Å². The second-order valence-electron chi connectivity index (χ2n) is 4.00. The molecular weight excluding hydrogens is 321 g/mol. The lowest BCUT2D eigenvalue weighted by molar-refractivity contribution is -0.138. The van der Waals surface area contributed by atoms with Crippen molar-refractivity contribution >= 4 is 15.9 Å². The van der Waals surface area contributed by atoms with Gasteiger partial charge in [-0.2, -0.15) is 13.2 Å². The van der Waals surface area contributed by atoms with Crippen molar-refractivity contribution in [2.45, 2.75) is 12.2 Å². The largest absolute Gasteiger partial charge is 0.417 e. The number of aromatic nitrogens is 1. The maximum Gasteiger partial charge on any atom is 0.417 e. The average Bonchev–Trinajstić information content (AvgIpc) is 2.38. The first kappa shape index (κ1) is 14.0. The van der Waals surface area contributed by atoms with Gasteiger partial charge in [-0.25, -0.2) is 0 Å². The first-order valence-electron chi connectivity index (χ1n) is 5.42. The van der Waals surface area contributed by atoms with E-state index in [1.807, 2.05) is 0 Å². The summed E-state index contributed by atoms with van der Waals surface area (Å²) in [6, 6.07) is 6.77. The summed E-state index contributed by atoms with van der Waals surface area (Å²) in [4.78, 5) is 3.91. The van der Waals surface area contributed by atoms with Gasteiger partial charge in [0.2, 0.25) is 0 Å². The van der Waals surface area contributed by atoms with E-state index in [0.717, 1.165) is 6.07 Å². The molecule has 1 heterocycles.